The maximum absolute atomic E-state index is 11.1. The van der Waals surface area contributed by atoms with Crippen LogP contribution in [0.4, 0.5) is 8.78 Å². The highest BCUT2D eigenvalue weighted by Gasteiger charge is 2.01. The summed E-state index contributed by atoms with van der Waals surface area (Å²) in [4.78, 5) is 0. The molecule has 0 spiro atoms. The van der Waals surface area contributed by atoms with Crippen LogP contribution in [-0.4, -0.2) is 5.63 Å². The van der Waals surface area contributed by atoms with Gasteiger partial charge in [0.1, 0.15) is 5.83 Å². The van der Waals surface area contributed by atoms with Crippen molar-refractivity contribution in [3.05, 3.63) is 12.4 Å². The summed E-state index contributed by atoms with van der Waals surface area (Å²) in [5, 5.41) is 0. The van der Waals surface area contributed by atoms with Gasteiger partial charge < -0.3 is 0 Å². The number of rotatable bonds is 1. The molecule has 3 heteroatoms. The fraction of sp³-hybridized carbons (Fsp3) is 0.333. The lowest BCUT2D eigenvalue weighted by Gasteiger charge is -1.85. The lowest BCUT2D eigenvalue weighted by atomic mass is 10.7. The van der Waals surface area contributed by atoms with E-state index >= 15 is 0 Å². The maximum atomic E-state index is 11.1. The predicted molar refractivity (Wildman–Crippen MR) is 21.0 cm³/mol. The van der Waals surface area contributed by atoms with Crippen molar-refractivity contribution < 1.29 is 8.78 Å². The first-order valence-electron chi connectivity index (χ1n) is 1.27. The van der Waals surface area contributed by atoms with Gasteiger partial charge in [-0.05, 0) is 0 Å². The van der Waals surface area contributed by atoms with E-state index in [0.717, 1.165) is 0 Å². The van der Waals surface area contributed by atoms with E-state index in [9.17, 15) is 8.78 Å². The van der Waals surface area contributed by atoms with Crippen molar-refractivity contribution in [3.63, 3.8) is 0 Å². The normalized spacial score (nSPS) is 13.8. The van der Waals surface area contributed by atoms with Gasteiger partial charge in [-0.15, -0.1) is 0 Å². The number of allylic oxidation sites excluding steroid dienone is 1. The third kappa shape index (κ3) is 2.15. The molecule has 0 saturated heterocycles. The van der Waals surface area contributed by atoms with E-state index in [4.69, 9.17) is 0 Å². The molecular weight excluding hydrogens is 109 g/mol. The Kier molecular flexibility index (Phi) is 2.09. The molecule has 0 aliphatic heterocycles. The van der Waals surface area contributed by atoms with Crippen LogP contribution in [0.15, 0.2) is 12.4 Å². The Morgan fingerprint density at radius 2 is 2.00 bits per heavy atom. The molecule has 0 heterocycles. The first-order valence-corrected chi connectivity index (χ1v) is 1.70. The van der Waals surface area contributed by atoms with Crippen LogP contribution >= 0.6 is 11.6 Å². The summed E-state index contributed by atoms with van der Waals surface area (Å²) in [6.45, 7) is 2.58. The molecule has 36 valence electrons. The Balaban J connectivity index is 3.26. The summed E-state index contributed by atoms with van der Waals surface area (Å²) in [7, 11) is 0. The van der Waals surface area contributed by atoms with Gasteiger partial charge in [0.25, 0.3) is 0 Å². The van der Waals surface area contributed by atoms with Crippen molar-refractivity contribution in [2.24, 2.45) is 0 Å². The first-order chi connectivity index (χ1) is 2.64. The van der Waals surface area contributed by atoms with Crippen LogP contribution in [-0.2, 0) is 0 Å². The molecule has 0 bridgehead atoms. The molecule has 6 heavy (non-hydrogen) atoms. The standard InChI is InChI=1S/C3H3ClF2/c1-2(5)3(4)6/h3H,1H2. The molecule has 0 aromatic rings. The van der Waals surface area contributed by atoms with Gasteiger partial charge in [0.15, 0.2) is 0 Å². The molecule has 0 radical (unpaired) electrons. The van der Waals surface area contributed by atoms with Gasteiger partial charge in [-0.1, -0.05) is 18.2 Å². The second-order valence-corrected chi connectivity index (χ2v) is 1.13. The van der Waals surface area contributed by atoms with Gasteiger partial charge in [0.2, 0.25) is 5.63 Å². The van der Waals surface area contributed by atoms with Crippen LogP contribution in [0.5, 0.6) is 0 Å². The highest BCUT2D eigenvalue weighted by Crippen LogP contribution is 2.08. The van der Waals surface area contributed by atoms with Crippen LogP contribution in [0, 0.1) is 0 Å². The lowest BCUT2D eigenvalue weighted by molar-refractivity contribution is 0.420. The molecule has 0 saturated carbocycles. The molecule has 0 nitrogen and oxygen atoms in total. The van der Waals surface area contributed by atoms with Crippen molar-refractivity contribution in [3.8, 4) is 0 Å². The largest absolute Gasteiger partial charge is 0.223 e. The molecule has 0 aromatic heterocycles. The SMILES string of the molecule is C=C(F)C(F)Cl. The average Bonchev–Trinajstić information content (AvgIpc) is 1.36. The van der Waals surface area contributed by atoms with E-state index in [-0.39, 0.29) is 0 Å². The van der Waals surface area contributed by atoms with E-state index < -0.39 is 11.5 Å². The minimum atomic E-state index is -2.04. The number of hydrogen-bond acceptors (Lipinski definition) is 0. The summed E-state index contributed by atoms with van der Waals surface area (Å²) in [6, 6.07) is 0. The monoisotopic (exact) mass is 112 g/mol. The lowest BCUT2D eigenvalue weighted by Crippen LogP contribution is -1.83. The van der Waals surface area contributed by atoms with Crippen LogP contribution in [0.25, 0.3) is 0 Å². The number of alkyl halides is 2. The van der Waals surface area contributed by atoms with E-state index in [2.05, 4.69) is 18.2 Å². The van der Waals surface area contributed by atoms with Gasteiger partial charge in [-0.2, -0.15) is 0 Å². The summed E-state index contributed by atoms with van der Waals surface area (Å²) in [5.41, 5.74) is -2.04. The van der Waals surface area contributed by atoms with Crippen molar-refractivity contribution in [1.82, 2.24) is 0 Å². The zero-order valence-corrected chi connectivity index (χ0v) is 3.67. The highest BCUT2D eigenvalue weighted by atomic mass is 35.5. The molecule has 1 atom stereocenters. The van der Waals surface area contributed by atoms with Crippen molar-refractivity contribution in [2.45, 2.75) is 5.63 Å². The second kappa shape index (κ2) is 2.13. The zero-order chi connectivity index (χ0) is 5.15. The van der Waals surface area contributed by atoms with Gasteiger partial charge in [0, 0.05) is 0 Å². The third-order valence-corrected chi connectivity index (χ3v) is 0.474. The van der Waals surface area contributed by atoms with Crippen LogP contribution < -0.4 is 0 Å². The van der Waals surface area contributed by atoms with E-state index in [1.165, 1.54) is 0 Å². The molecule has 0 aliphatic rings. The van der Waals surface area contributed by atoms with E-state index in [1.54, 1.807) is 0 Å². The molecule has 0 aromatic carbocycles. The van der Waals surface area contributed by atoms with E-state index in [1.807, 2.05) is 0 Å². The molecule has 0 fully saturated rings. The van der Waals surface area contributed by atoms with Crippen molar-refractivity contribution in [1.29, 1.82) is 0 Å². The molecule has 0 aliphatic carbocycles. The minimum Gasteiger partial charge on any atom is -0.222 e. The molecular formula is C3H3ClF2. The van der Waals surface area contributed by atoms with Crippen LogP contribution in [0.3, 0.4) is 0 Å². The van der Waals surface area contributed by atoms with E-state index in [0.29, 0.717) is 0 Å². The fourth-order valence-corrected chi connectivity index (χ4v) is 0. The molecule has 0 rings (SSSR count). The summed E-state index contributed by atoms with van der Waals surface area (Å²) < 4.78 is 22.2. The average molecular weight is 113 g/mol. The summed E-state index contributed by atoms with van der Waals surface area (Å²) in [5.74, 6) is -1.14. The van der Waals surface area contributed by atoms with Gasteiger partial charge in [-0.3, -0.25) is 0 Å². The third-order valence-electron chi connectivity index (χ3n) is 0.237. The second-order valence-electron chi connectivity index (χ2n) is 0.748. The Morgan fingerprint density at radius 1 is 1.83 bits per heavy atom. The quantitative estimate of drug-likeness (QED) is 0.455. The van der Waals surface area contributed by atoms with Crippen molar-refractivity contribution in [2.75, 3.05) is 0 Å². The topological polar surface area (TPSA) is 0 Å². The smallest absolute Gasteiger partial charge is 0.222 e. The summed E-state index contributed by atoms with van der Waals surface area (Å²) >= 11 is 4.47. The van der Waals surface area contributed by atoms with Crippen LogP contribution in [0.1, 0.15) is 0 Å². The fourth-order valence-electron chi connectivity index (χ4n) is 0. The number of hydrogen-bond donors (Lipinski definition) is 0. The Hall–Kier alpha value is -0.110. The first kappa shape index (κ1) is 5.89. The predicted octanol–water partition coefficient (Wildman–Crippen LogP) is 2.00. The van der Waals surface area contributed by atoms with Crippen molar-refractivity contribution >= 4 is 11.6 Å². The Bertz CT molecular complexity index is 59.8. The Morgan fingerprint density at radius 3 is 2.00 bits per heavy atom. The van der Waals surface area contributed by atoms with Crippen LogP contribution in [0.2, 0.25) is 0 Å². The Labute approximate surface area is 39.4 Å². The molecule has 1 unspecified atom stereocenters. The molecule has 0 N–H and O–H groups in total. The summed E-state index contributed by atoms with van der Waals surface area (Å²) in [6.07, 6.45) is 0. The highest BCUT2D eigenvalue weighted by molar-refractivity contribution is 6.21. The van der Waals surface area contributed by atoms with Gasteiger partial charge in [-0.25, -0.2) is 8.78 Å². The maximum Gasteiger partial charge on any atom is 0.223 e. The minimum absolute atomic E-state index is 1.14. The van der Waals surface area contributed by atoms with Gasteiger partial charge >= 0.3 is 0 Å². The van der Waals surface area contributed by atoms with Gasteiger partial charge in [0.05, 0.1) is 0 Å². The molecule has 0 amide bonds. The number of halogens is 3. The zero-order valence-electron chi connectivity index (χ0n) is 2.92.